The highest BCUT2D eigenvalue weighted by Gasteiger charge is 2.33. The van der Waals surface area contributed by atoms with Crippen LogP contribution in [0.5, 0.6) is 0 Å². The van der Waals surface area contributed by atoms with Gasteiger partial charge in [-0.15, -0.1) is 0 Å². The first-order valence-corrected chi connectivity index (χ1v) is 14.4. The van der Waals surface area contributed by atoms with Gasteiger partial charge >= 0.3 is 0 Å². The van der Waals surface area contributed by atoms with Crippen molar-refractivity contribution in [3.05, 3.63) is 135 Å². The van der Waals surface area contributed by atoms with Crippen LogP contribution in [0.25, 0.3) is 16.6 Å². The van der Waals surface area contributed by atoms with Gasteiger partial charge in [-0.3, -0.25) is 9.36 Å². The molecule has 0 fully saturated rings. The van der Waals surface area contributed by atoms with Crippen molar-refractivity contribution in [3.8, 4) is 5.69 Å². The van der Waals surface area contributed by atoms with E-state index >= 15 is 0 Å². The van der Waals surface area contributed by atoms with Crippen molar-refractivity contribution in [2.75, 3.05) is 0 Å². The number of fused-ring (bicyclic) bond motifs is 1. The Balaban J connectivity index is 1.74. The lowest BCUT2D eigenvalue weighted by Gasteiger charge is -2.30. The molecule has 0 bridgehead atoms. The fourth-order valence-corrected chi connectivity index (χ4v) is 6.28. The van der Waals surface area contributed by atoms with E-state index in [9.17, 15) is 13.2 Å². The molecule has 0 N–H and O–H groups in total. The Morgan fingerprint density at radius 3 is 2.18 bits per heavy atom. The zero-order valence-electron chi connectivity index (χ0n) is 21.0. The van der Waals surface area contributed by atoms with Crippen LogP contribution in [0.2, 0.25) is 0 Å². The number of para-hydroxylation sites is 1. The number of aryl methyl sites for hydroxylation is 1. The lowest BCUT2D eigenvalue weighted by molar-refractivity contribution is 0.321. The fraction of sp³-hybridized carbons (Fsp3) is 0.133. The maximum Gasteiger partial charge on any atom is 0.266 e. The minimum absolute atomic E-state index is 0.108. The molecule has 1 aromatic heterocycles. The molecule has 0 radical (unpaired) electrons. The normalized spacial score (nSPS) is 12.6. The summed E-state index contributed by atoms with van der Waals surface area (Å²) in [6, 6.07) is 29.9. The first-order valence-electron chi connectivity index (χ1n) is 12.2. The second-order valence-corrected chi connectivity index (χ2v) is 11.9. The van der Waals surface area contributed by atoms with E-state index in [2.05, 4.69) is 15.9 Å². The van der Waals surface area contributed by atoms with Gasteiger partial charge in [0, 0.05) is 11.0 Å². The predicted octanol–water partition coefficient (Wildman–Crippen LogP) is 6.41. The zero-order chi connectivity index (χ0) is 26.9. The Bertz CT molecular complexity index is 1750. The molecule has 38 heavy (non-hydrogen) atoms. The van der Waals surface area contributed by atoms with Crippen molar-refractivity contribution in [2.24, 2.45) is 0 Å². The van der Waals surface area contributed by atoms with Crippen molar-refractivity contribution in [1.82, 2.24) is 13.9 Å². The van der Waals surface area contributed by atoms with Crippen molar-refractivity contribution in [1.29, 1.82) is 0 Å². The number of hydrogen-bond donors (Lipinski definition) is 0. The molecular weight excluding hydrogens is 562 g/mol. The number of halogens is 1. The molecule has 8 heteroatoms. The van der Waals surface area contributed by atoms with Gasteiger partial charge in [-0.1, -0.05) is 76.1 Å². The first-order chi connectivity index (χ1) is 18.3. The van der Waals surface area contributed by atoms with Crippen molar-refractivity contribution in [2.45, 2.75) is 31.3 Å². The average molecular weight is 589 g/mol. The van der Waals surface area contributed by atoms with Gasteiger partial charge in [0.15, 0.2) is 0 Å². The van der Waals surface area contributed by atoms with E-state index in [0.717, 1.165) is 15.6 Å². The molecule has 1 atom stereocenters. The summed E-state index contributed by atoms with van der Waals surface area (Å²) in [5.41, 5.74) is 2.77. The monoisotopic (exact) mass is 587 g/mol. The molecule has 0 amide bonds. The van der Waals surface area contributed by atoms with E-state index in [0.29, 0.717) is 22.4 Å². The number of sulfonamides is 1. The smallest absolute Gasteiger partial charge is 0.266 e. The van der Waals surface area contributed by atoms with Gasteiger partial charge in [0.1, 0.15) is 5.82 Å². The molecular formula is C30H26BrN3O3S. The van der Waals surface area contributed by atoms with Crippen LogP contribution in [-0.4, -0.2) is 22.3 Å². The maximum atomic E-state index is 14.1. The average Bonchev–Trinajstić information content (AvgIpc) is 2.93. The largest absolute Gasteiger partial charge is 0.268 e. The van der Waals surface area contributed by atoms with Crippen molar-refractivity contribution < 1.29 is 8.42 Å². The lowest BCUT2D eigenvalue weighted by Crippen LogP contribution is -2.37. The van der Waals surface area contributed by atoms with Gasteiger partial charge in [-0.25, -0.2) is 13.4 Å². The van der Waals surface area contributed by atoms with Crippen LogP contribution >= 0.6 is 15.9 Å². The minimum atomic E-state index is -3.98. The molecule has 5 rings (SSSR count). The highest BCUT2D eigenvalue weighted by atomic mass is 79.9. The molecule has 1 heterocycles. The van der Waals surface area contributed by atoms with Gasteiger partial charge in [0.25, 0.3) is 5.56 Å². The Morgan fingerprint density at radius 2 is 1.50 bits per heavy atom. The Morgan fingerprint density at radius 1 is 0.868 bits per heavy atom. The van der Waals surface area contributed by atoms with E-state index in [1.54, 1.807) is 49.4 Å². The fourth-order valence-electron chi connectivity index (χ4n) is 4.44. The van der Waals surface area contributed by atoms with Crippen LogP contribution in [0.1, 0.15) is 29.9 Å². The van der Waals surface area contributed by atoms with Crippen LogP contribution in [0, 0.1) is 6.92 Å². The highest BCUT2D eigenvalue weighted by Crippen LogP contribution is 2.31. The molecule has 4 aromatic carbocycles. The Kier molecular flexibility index (Phi) is 7.29. The number of rotatable bonds is 7. The summed E-state index contributed by atoms with van der Waals surface area (Å²) in [5.74, 6) is 0.342. The molecule has 0 spiro atoms. The summed E-state index contributed by atoms with van der Waals surface area (Å²) in [5, 5.41) is 0.467. The van der Waals surface area contributed by atoms with Gasteiger partial charge in [0.05, 0.1) is 27.5 Å². The van der Waals surface area contributed by atoms with E-state index in [1.807, 2.05) is 67.6 Å². The summed E-state index contributed by atoms with van der Waals surface area (Å²) < 4.78 is 31.9. The lowest BCUT2D eigenvalue weighted by atomic mass is 10.1. The second kappa shape index (κ2) is 10.6. The van der Waals surface area contributed by atoms with Crippen LogP contribution < -0.4 is 5.56 Å². The third-order valence-corrected chi connectivity index (χ3v) is 8.96. The molecule has 0 aliphatic heterocycles. The van der Waals surface area contributed by atoms with E-state index in [4.69, 9.17) is 4.98 Å². The van der Waals surface area contributed by atoms with Crippen LogP contribution in [0.4, 0.5) is 0 Å². The Hall–Kier alpha value is -3.59. The molecule has 5 aromatic rings. The zero-order valence-corrected chi connectivity index (χ0v) is 23.4. The standard InChI is InChI=1S/C30H26BrN3O3S/c1-21-12-16-25(17-13-21)34-29(32-28-11-7-6-10-27(28)30(34)35)22(2)33(20-23-8-4-3-5-9-23)38(36,37)26-18-14-24(31)15-19-26/h3-19,22H,20H2,1-2H3. The maximum absolute atomic E-state index is 14.1. The van der Waals surface area contributed by atoms with Crippen molar-refractivity contribution >= 4 is 36.9 Å². The SMILES string of the molecule is Cc1ccc(-n2c(C(C)N(Cc3ccccc3)S(=O)(=O)c3ccc(Br)cc3)nc3ccccc3c2=O)cc1. The highest BCUT2D eigenvalue weighted by molar-refractivity contribution is 9.10. The van der Waals surface area contributed by atoms with E-state index < -0.39 is 16.1 Å². The molecule has 0 saturated heterocycles. The number of aromatic nitrogens is 2. The quantitative estimate of drug-likeness (QED) is 0.220. The number of nitrogens with zero attached hydrogens (tertiary/aromatic N) is 3. The first kappa shape index (κ1) is 26.0. The van der Waals surface area contributed by atoms with Crippen LogP contribution in [0.3, 0.4) is 0 Å². The summed E-state index contributed by atoms with van der Waals surface area (Å²) in [6.07, 6.45) is 0. The molecule has 0 saturated carbocycles. The van der Waals surface area contributed by atoms with E-state index in [1.165, 1.54) is 8.87 Å². The number of benzene rings is 4. The van der Waals surface area contributed by atoms with Crippen molar-refractivity contribution in [3.63, 3.8) is 0 Å². The predicted molar refractivity (Wildman–Crippen MR) is 154 cm³/mol. The minimum Gasteiger partial charge on any atom is -0.268 e. The van der Waals surface area contributed by atoms with Crippen LogP contribution in [0.15, 0.2) is 117 Å². The molecule has 6 nitrogen and oxygen atoms in total. The topological polar surface area (TPSA) is 72.3 Å². The summed E-state index contributed by atoms with van der Waals surface area (Å²) >= 11 is 3.38. The summed E-state index contributed by atoms with van der Waals surface area (Å²) in [4.78, 5) is 18.9. The summed E-state index contributed by atoms with van der Waals surface area (Å²) in [6.45, 7) is 3.86. The van der Waals surface area contributed by atoms with E-state index in [-0.39, 0.29) is 17.0 Å². The third-order valence-electron chi connectivity index (χ3n) is 6.50. The molecule has 1 unspecified atom stereocenters. The summed E-state index contributed by atoms with van der Waals surface area (Å²) in [7, 11) is -3.98. The second-order valence-electron chi connectivity index (χ2n) is 9.13. The van der Waals surface area contributed by atoms with Gasteiger partial charge in [0.2, 0.25) is 10.0 Å². The van der Waals surface area contributed by atoms with Gasteiger partial charge in [-0.05, 0) is 67.9 Å². The Labute approximate surface area is 230 Å². The van der Waals surface area contributed by atoms with Gasteiger partial charge in [-0.2, -0.15) is 4.31 Å². The third kappa shape index (κ3) is 5.07. The van der Waals surface area contributed by atoms with Crippen LogP contribution in [-0.2, 0) is 16.6 Å². The molecule has 0 aliphatic rings. The number of hydrogen-bond acceptors (Lipinski definition) is 4. The molecule has 0 aliphatic carbocycles. The molecule has 192 valence electrons. The van der Waals surface area contributed by atoms with Gasteiger partial charge < -0.3 is 0 Å².